The van der Waals surface area contributed by atoms with E-state index >= 15 is 0 Å². The molecule has 1 atom stereocenters. The molecule has 2 aliphatic rings. The molecule has 3 rings (SSSR count). The van der Waals surface area contributed by atoms with Crippen molar-refractivity contribution in [3.05, 3.63) is 34.9 Å². The van der Waals surface area contributed by atoms with E-state index in [0.29, 0.717) is 5.91 Å². The zero-order valence-electron chi connectivity index (χ0n) is 15.8. The van der Waals surface area contributed by atoms with Crippen LogP contribution in [0.1, 0.15) is 37.7 Å². The standard InChI is InChI=1S/C18H25ClN2O.C2H2O4/c19-17-8-6-15(7-9-17)13-20-10-4-5-16(14-20)18(22)21-11-2-1-3-12-21;3-1(4)2(5)6/h6-9,16H,1-5,10-14H2;(H,3,4)(H,5,6). The predicted octanol–water partition coefficient (Wildman–Crippen LogP) is 2.72. The first-order valence-corrected chi connectivity index (χ1v) is 9.96. The molecule has 0 aliphatic carbocycles. The number of amides is 1. The number of likely N-dealkylation sites (tertiary alicyclic amines) is 2. The maximum Gasteiger partial charge on any atom is 0.414 e. The van der Waals surface area contributed by atoms with Gasteiger partial charge < -0.3 is 15.1 Å². The summed E-state index contributed by atoms with van der Waals surface area (Å²) < 4.78 is 0. The van der Waals surface area contributed by atoms with Gasteiger partial charge in [0.15, 0.2) is 0 Å². The van der Waals surface area contributed by atoms with Gasteiger partial charge in [0, 0.05) is 31.2 Å². The van der Waals surface area contributed by atoms with Crippen LogP contribution in [0.3, 0.4) is 0 Å². The molecule has 1 aromatic carbocycles. The van der Waals surface area contributed by atoms with Crippen LogP contribution in [0.5, 0.6) is 0 Å². The van der Waals surface area contributed by atoms with E-state index in [1.165, 1.54) is 24.8 Å². The molecule has 2 N–H and O–H groups in total. The Bertz CT molecular complexity index is 662. The third-order valence-corrected chi connectivity index (χ3v) is 5.28. The van der Waals surface area contributed by atoms with Gasteiger partial charge in [-0.05, 0) is 56.3 Å². The van der Waals surface area contributed by atoms with Gasteiger partial charge in [0.1, 0.15) is 0 Å². The molecule has 154 valence electrons. The summed E-state index contributed by atoms with van der Waals surface area (Å²) >= 11 is 5.94. The summed E-state index contributed by atoms with van der Waals surface area (Å²) in [5, 5.41) is 15.6. The fourth-order valence-corrected chi connectivity index (χ4v) is 3.75. The Morgan fingerprint density at radius 1 is 0.929 bits per heavy atom. The lowest BCUT2D eigenvalue weighted by atomic mass is 9.95. The van der Waals surface area contributed by atoms with Crippen molar-refractivity contribution < 1.29 is 24.6 Å². The normalized spacial score (nSPS) is 20.0. The van der Waals surface area contributed by atoms with E-state index in [-0.39, 0.29) is 5.92 Å². The van der Waals surface area contributed by atoms with Crippen LogP contribution in [-0.4, -0.2) is 64.0 Å². The summed E-state index contributed by atoms with van der Waals surface area (Å²) in [5.74, 6) is -3.07. The number of carbonyl (C=O) groups is 3. The van der Waals surface area contributed by atoms with E-state index < -0.39 is 11.9 Å². The van der Waals surface area contributed by atoms with Crippen LogP contribution in [0.25, 0.3) is 0 Å². The number of aliphatic carboxylic acids is 2. The van der Waals surface area contributed by atoms with Crippen LogP contribution in [0.15, 0.2) is 24.3 Å². The number of nitrogens with zero attached hydrogens (tertiary/aromatic N) is 2. The van der Waals surface area contributed by atoms with Gasteiger partial charge in [0.2, 0.25) is 5.91 Å². The minimum atomic E-state index is -1.82. The van der Waals surface area contributed by atoms with E-state index in [4.69, 9.17) is 31.4 Å². The van der Waals surface area contributed by atoms with Crippen molar-refractivity contribution >= 4 is 29.4 Å². The van der Waals surface area contributed by atoms with Crippen LogP contribution in [-0.2, 0) is 20.9 Å². The molecule has 28 heavy (non-hydrogen) atoms. The number of carboxylic acid groups (broad SMARTS) is 2. The molecule has 0 saturated carbocycles. The first kappa shape index (κ1) is 22.2. The van der Waals surface area contributed by atoms with Gasteiger partial charge in [-0.15, -0.1) is 0 Å². The SMILES string of the molecule is O=C(C1CCCN(Cc2ccc(Cl)cc2)C1)N1CCCCC1.O=C(O)C(=O)O. The van der Waals surface area contributed by atoms with Gasteiger partial charge in [0.25, 0.3) is 0 Å². The molecule has 2 heterocycles. The lowest BCUT2D eigenvalue weighted by Crippen LogP contribution is -2.46. The topological polar surface area (TPSA) is 98.2 Å². The van der Waals surface area contributed by atoms with Gasteiger partial charge in [-0.3, -0.25) is 9.69 Å². The summed E-state index contributed by atoms with van der Waals surface area (Å²) in [5.41, 5.74) is 1.27. The lowest BCUT2D eigenvalue weighted by Gasteiger charge is -2.36. The molecule has 0 radical (unpaired) electrons. The fraction of sp³-hybridized carbons (Fsp3) is 0.550. The first-order valence-electron chi connectivity index (χ1n) is 9.58. The summed E-state index contributed by atoms with van der Waals surface area (Å²) in [6.07, 6.45) is 5.79. The van der Waals surface area contributed by atoms with Crippen molar-refractivity contribution in [2.24, 2.45) is 5.92 Å². The molecule has 2 saturated heterocycles. The second kappa shape index (κ2) is 11.0. The molecule has 8 heteroatoms. The largest absolute Gasteiger partial charge is 0.473 e. The zero-order chi connectivity index (χ0) is 20.5. The summed E-state index contributed by atoms with van der Waals surface area (Å²) in [6.45, 7) is 4.84. The maximum atomic E-state index is 12.7. The molecule has 0 bridgehead atoms. The summed E-state index contributed by atoms with van der Waals surface area (Å²) in [4.78, 5) is 35.4. The molecule has 1 aromatic rings. The number of piperidine rings is 2. The van der Waals surface area contributed by atoms with Gasteiger partial charge in [-0.25, -0.2) is 9.59 Å². The third kappa shape index (κ3) is 7.13. The Labute approximate surface area is 169 Å². The number of hydrogen-bond acceptors (Lipinski definition) is 4. The molecule has 0 spiro atoms. The highest BCUT2D eigenvalue weighted by Crippen LogP contribution is 2.22. The molecular formula is C20H27ClN2O5. The minimum Gasteiger partial charge on any atom is -0.473 e. The van der Waals surface area contributed by atoms with Gasteiger partial charge in [0.05, 0.1) is 5.92 Å². The Kier molecular flexibility index (Phi) is 8.73. The Hall–Kier alpha value is -2.12. The number of rotatable bonds is 3. The maximum absolute atomic E-state index is 12.7. The molecule has 0 aromatic heterocycles. The van der Waals surface area contributed by atoms with E-state index in [0.717, 1.165) is 50.6 Å². The molecule has 7 nitrogen and oxygen atoms in total. The molecule has 1 unspecified atom stereocenters. The smallest absolute Gasteiger partial charge is 0.414 e. The molecule has 1 amide bonds. The van der Waals surface area contributed by atoms with Crippen molar-refractivity contribution in [3.8, 4) is 0 Å². The highest BCUT2D eigenvalue weighted by Gasteiger charge is 2.29. The molecular weight excluding hydrogens is 384 g/mol. The quantitative estimate of drug-likeness (QED) is 0.743. The summed E-state index contributed by atoms with van der Waals surface area (Å²) in [7, 11) is 0. The molecule has 2 fully saturated rings. The van der Waals surface area contributed by atoms with Crippen molar-refractivity contribution in [1.82, 2.24) is 9.80 Å². The number of carbonyl (C=O) groups excluding carboxylic acids is 1. The van der Waals surface area contributed by atoms with Crippen molar-refractivity contribution in [3.63, 3.8) is 0 Å². The van der Waals surface area contributed by atoms with Gasteiger partial charge >= 0.3 is 11.9 Å². The van der Waals surface area contributed by atoms with Crippen molar-refractivity contribution in [2.75, 3.05) is 26.2 Å². The zero-order valence-corrected chi connectivity index (χ0v) is 16.6. The average molecular weight is 411 g/mol. The minimum absolute atomic E-state index is 0.194. The van der Waals surface area contributed by atoms with E-state index in [2.05, 4.69) is 21.9 Å². The second-order valence-electron chi connectivity index (χ2n) is 7.20. The van der Waals surface area contributed by atoms with Crippen LogP contribution < -0.4 is 0 Å². The van der Waals surface area contributed by atoms with Crippen LogP contribution >= 0.6 is 11.6 Å². The van der Waals surface area contributed by atoms with Crippen LogP contribution in [0, 0.1) is 5.92 Å². The third-order valence-electron chi connectivity index (χ3n) is 5.02. The number of benzene rings is 1. The van der Waals surface area contributed by atoms with Gasteiger partial charge in [-0.1, -0.05) is 23.7 Å². The Morgan fingerprint density at radius 2 is 1.54 bits per heavy atom. The summed E-state index contributed by atoms with van der Waals surface area (Å²) in [6, 6.07) is 8.05. The highest BCUT2D eigenvalue weighted by atomic mass is 35.5. The Balaban J connectivity index is 0.000000409. The van der Waals surface area contributed by atoms with E-state index in [1.54, 1.807) is 0 Å². The number of carboxylic acids is 2. The average Bonchev–Trinajstić information content (AvgIpc) is 2.70. The monoisotopic (exact) mass is 410 g/mol. The van der Waals surface area contributed by atoms with Crippen molar-refractivity contribution in [1.29, 1.82) is 0 Å². The molecule has 2 aliphatic heterocycles. The lowest BCUT2D eigenvalue weighted by molar-refractivity contribution is -0.159. The second-order valence-corrected chi connectivity index (χ2v) is 7.63. The van der Waals surface area contributed by atoms with Crippen LogP contribution in [0.2, 0.25) is 5.02 Å². The van der Waals surface area contributed by atoms with E-state index in [9.17, 15) is 4.79 Å². The van der Waals surface area contributed by atoms with E-state index in [1.807, 2.05) is 12.1 Å². The predicted molar refractivity (Wildman–Crippen MR) is 105 cm³/mol. The van der Waals surface area contributed by atoms with Crippen molar-refractivity contribution in [2.45, 2.75) is 38.6 Å². The van der Waals surface area contributed by atoms with Crippen LogP contribution in [0.4, 0.5) is 0 Å². The van der Waals surface area contributed by atoms with Gasteiger partial charge in [-0.2, -0.15) is 0 Å². The number of hydrogen-bond donors (Lipinski definition) is 2. The fourth-order valence-electron chi connectivity index (χ4n) is 3.62. The highest BCUT2D eigenvalue weighted by molar-refractivity contribution is 6.30. The first-order chi connectivity index (χ1) is 13.4. The Morgan fingerprint density at radius 3 is 2.11 bits per heavy atom. The number of halogens is 1.